The minimum Gasteiger partial charge on any atom is -0.444 e. The van der Waals surface area contributed by atoms with Crippen LogP contribution in [0.3, 0.4) is 0 Å². The number of hydrogen-bond acceptors (Lipinski definition) is 4. The van der Waals surface area contributed by atoms with E-state index in [9.17, 15) is 4.79 Å². The molecule has 0 aromatic heterocycles. The summed E-state index contributed by atoms with van der Waals surface area (Å²) in [6.07, 6.45) is 3.70. The lowest BCUT2D eigenvalue weighted by atomic mass is 10.2. The van der Waals surface area contributed by atoms with Crippen molar-refractivity contribution in [2.24, 2.45) is 0 Å². The molecule has 0 saturated carbocycles. The predicted molar refractivity (Wildman–Crippen MR) is 67.1 cm³/mol. The van der Waals surface area contributed by atoms with Crippen LogP contribution in [-0.2, 0) is 4.74 Å². The predicted octanol–water partition coefficient (Wildman–Crippen LogP) is 2.62. The summed E-state index contributed by atoms with van der Waals surface area (Å²) in [4.78, 5) is 12.9. The quantitative estimate of drug-likeness (QED) is 0.696. The summed E-state index contributed by atoms with van der Waals surface area (Å²) in [7, 11) is -2.17. The molecular formula is C10H23NO4S. The average Bonchev–Trinajstić information content (AvgIpc) is 1.70. The second-order valence-electron chi connectivity index (χ2n) is 5.04. The van der Waals surface area contributed by atoms with Gasteiger partial charge in [-0.3, -0.25) is 9.11 Å². The van der Waals surface area contributed by atoms with E-state index in [4.69, 9.17) is 13.8 Å². The van der Waals surface area contributed by atoms with Gasteiger partial charge in [-0.2, -0.15) is 0 Å². The molecule has 1 aliphatic rings. The summed E-state index contributed by atoms with van der Waals surface area (Å²) in [5.41, 5.74) is -0.354. The van der Waals surface area contributed by atoms with E-state index in [0.29, 0.717) is 0 Å². The van der Waals surface area contributed by atoms with Crippen LogP contribution in [0.5, 0.6) is 0 Å². The first-order chi connectivity index (χ1) is 6.99. The van der Waals surface area contributed by atoms with Crippen molar-refractivity contribution in [3.8, 4) is 0 Å². The molecule has 16 heavy (non-hydrogen) atoms. The van der Waals surface area contributed by atoms with Crippen molar-refractivity contribution >= 4 is 16.7 Å². The maximum absolute atomic E-state index is 11.1. The SMILES string of the molecule is CC(C)(C)OC(=O)N1CCC1.CS(C)(O)O. The molecule has 0 atom stereocenters. The molecule has 1 aliphatic heterocycles. The van der Waals surface area contributed by atoms with Gasteiger partial charge in [-0.15, -0.1) is 0 Å². The molecule has 0 radical (unpaired) electrons. The number of rotatable bonds is 0. The summed E-state index contributed by atoms with van der Waals surface area (Å²) in [5.74, 6) is 0. The fourth-order valence-electron chi connectivity index (χ4n) is 0.825. The minimum atomic E-state index is -2.17. The third kappa shape index (κ3) is 10.1. The Kier molecular flexibility index (Phi) is 5.58. The van der Waals surface area contributed by atoms with E-state index >= 15 is 0 Å². The fourth-order valence-corrected chi connectivity index (χ4v) is 0.825. The van der Waals surface area contributed by atoms with Crippen molar-refractivity contribution < 1.29 is 18.6 Å². The molecule has 1 saturated heterocycles. The summed E-state index contributed by atoms with van der Waals surface area (Å²) in [6.45, 7) is 7.35. The Morgan fingerprint density at radius 1 is 1.25 bits per heavy atom. The van der Waals surface area contributed by atoms with Crippen LogP contribution in [0.1, 0.15) is 27.2 Å². The maximum atomic E-state index is 11.1. The van der Waals surface area contributed by atoms with Gasteiger partial charge in [-0.25, -0.2) is 15.4 Å². The minimum absolute atomic E-state index is 0.177. The summed E-state index contributed by atoms with van der Waals surface area (Å²) >= 11 is 0. The van der Waals surface area contributed by atoms with E-state index in [2.05, 4.69) is 0 Å². The van der Waals surface area contributed by atoms with Gasteiger partial charge < -0.3 is 9.64 Å². The third-order valence-electron chi connectivity index (χ3n) is 1.51. The average molecular weight is 253 g/mol. The van der Waals surface area contributed by atoms with E-state index < -0.39 is 10.6 Å². The Labute approximate surface area is 99.1 Å². The Hall–Kier alpha value is -0.460. The lowest BCUT2D eigenvalue weighted by Gasteiger charge is -2.32. The third-order valence-corrected chi connectivity index (χ3v) is 1.51. The number of carbonyl (C=O) groups is 1. The van der Waals surface area contributed by atoms with Crippen LogP contribution in [0.4, 0.5) is 4.79 Å². The molecule has 1 amide bonds. The zero-order valence-corrected chi connectivity index (χ0v) is 11.5. The molecule has 1 heterocycles. The van der Waals surface area contributed by atoms with E-state index in [0.717, 1.165) is 19.5 Å². The highest BCUT2D eigenvalue weighted by molar-refractivity contribution is 8.23. The van der Waals surface area contributed by atoms with Crippen LogP contribution in [0, 0.1) is 0 Å². The van der Waals surface area contributed by atoms with Crippen LogP contribution in [0.25, 0.3) is 0 Å². The van der Waals surface area contributed by atoms with Crippen molar-refractivity contribution in [1.29, 1.82) is 0 Å². The largest absolute Gasteiger partial charge is 0.444 e. The standard InChI is InChI=1S/C8H15NO2.C2H8O2S/c1-8(2,3)11-7(10)9-5-4-6-9;1-5(2,3)4/h4-6H2,1-3H3;3-4H,1-2H3. The molecule has 0 aromatic carbocycles. The number of ether oxygens (including phenoxy) is 1. The van der Waals surface area contributed by atoms with Crippen LogP contribution < -0.4 is 0 Å². The van der Waals surface area contributed by atoms with E-state index in [-0.39, 0.29) is 11.7 Å². The number of amides is 1. The molecule has 0 unspecified atom stereocenters. The topological polar surface area (TPSA) is 70.0 Å². The van der Waals surface area contributed by atoms with Gasteiger partial charge in [0, 0.05) is 25.6 Å². The molecule has 1 fully saturated rings. The number of carbonyl (C=O) groups excluding carboxylic acids is 1. The van der Waals surface area contributed by atoms with E-state index in [1.165, 1.54) is 12.5 Å². The van der Waals surface area contributed by atoms with Crippen molar-refractivity contribution in [3.63, 3.8) is 0 Å². The highest BCUT2D eigenvalue weighted by Crippen LogP contribution is 2.25. The molecule has 0 bridgehead atoms. The number of nitrogens with zero attached hydrogens (tertiary/aromatic N) is 1. The van der Waals surface area contributed by atoms with Gasteiger partial charge in [0.25, 0.3) is 0 Å². The molecular weight excluding hydrogens is 230 g/mol. The maximum Gasteiger partial charge on any atom is 0.410 e. The van der Waals surface area contributed by atoms with Gasteiger partial charge >= 0.3 is 6.09 Å². The normalized spacial score (nSPS) is 16.8. The molecule has 1 rings (SSSR count). The molecule has 6 heteroatoms. The van der Waals surface area contributed by atoms with Crippen molar-refractivity contribution in [2.45, 2.75) is 32.8 Å². The monoisotopic (exact) mass is 253 g/mol. The smallest absolute Gasteiger partial charge is 0.410 e. The Morgan fingerprint density at radius 3 is 1.81 bits per heavy atom. The molecule has 0 aromatic rings. The summed E-state index contributed by atoms with van der Waals surface area (Å²) in [5, 5.41) is 0. The van der Waals surface area contributed by atoms with Crippen molar-refractivity contribution in [3.05, 3.63) is 0 Å². The second kappa shape index (κ2) is 5.75. The Bertz CT molecular complexity index is 222. The number of hydrogen-bond donors (Lipinski definition) is 2. The first-order valence-electron chi connectivity index (χ1n) is 5.15. The highest BCUT2D eigenvalue weighted by Gasteiger charge is 2.25. The van der Waals surface area contributed by atoms with Gasteiger partial charge in [0.05, 0.1) is 0 Å². The first kappa shape index (κ1) is 15.5. The second-order valence-corrected chi connectivity index (χ2v) is 7.48. The Morgan fingerprint density at radius 2 is 1.62 bits per heavy atom. The summed E-state index contributed by atoms with van der Waals surface area (Å²) in [6, 6.07) is 0. The van der Waals surface area contributed by atoms with Crippen LogP contribution in [-0.4, -0.2) is 51.3 Å². The van der Waals surface area contributed by atoms with Gasteiger partial charge in [0.1, 0.15) is 5.60 Å². The van der Waals surface area contributed by atoms with Gasteiger partial charge in [-0.1, -0.05) is 0 Å². The zero-order chi connectivity index (χ0) is 13.0. The van der Waals surface area contributed by atoms with Gasteiger partial charge in [0.15, 0.2) is 0 Å². The molecule has 0 spiro atoms. The van der Waals surface area contributed by atoms with Gasteiger partial charge in [-0.05, 0) is 27.2 Å². The van der Waals surface area contributed by atoms with Crippen molar-refractivity contribution in [1.82, 2.24) is 4.90 Å². The van der Waals surface area contributed by atoms with E-state index in [1.807, 2.05) is 20.8 Å². The van der Waals surface area contributed by atoms with Crippen molar-refractivity contribution in [2.75, 3.05) is 25.6 Å². The van der Waals surface area contributed by atoms with E-state index in [1.54, 1.807) is 4.90 Å². The van der Waals surface area contributed by atoms with Crippen LogP contribution >= 0.6 is 10.6 Å². The highest BCUT2D eigenvalue weighted by atomic mass is 32.3. The zero-order valence-electron chi connectivity index (χ0n) is 10.7. The molecule has 0 aliphatic carbocycles. The Balaban J connectivity index is 0.000000385. The lowest BCUT2D eigenvalue weighted by molar-refractivity contribution is 0.0131. The molecule has 5 nitrogen and oxygen atoms in total. The fraction of sp³-hybridized carbons (Fsp3) is 0.900. The molecule has 2 N–H and O–H groups in total. The van der Waals surface area contributed by atoms with Crippen LogP contribution in [0.15, 0.2) is 0 Å². The molecule has 98 valence electrons. The lowest BCUT2D eigenvalue weighted by Crippen LogP contribution is -2.44. The number of likely N-dealkylation sites (tertiary alicyclic amines) is 1. The first-order valence-corrected chi connectivity index (χ1v) is 7.51. The summed E-state index contributed by atoms with van der Waals surface area (Å²) < 4.78 is 21.4. The van der Waals surface area contributed by atoms with Gasteiger partial charge in [0.2, 0.25) is 0 Å². The van der Waals surface area contributed by atoms with Crippen LogP contribution in [0.2, 0.25) is 0 Å².